The summed E-state index contributed by atoms with van der Waals surface area (Å²) in [7, 11) is 0. The molecular weight excluding hydrogens is 262 g/mol. The van der Waals surface area contributed by atoms with Crippen LogP contribution in [0.5, 0.6) is 0 Å². The maximum atomic E-state index is 13.8. The molecule has 0 fully saturated rings. The summed E-state index contributed by atoms with van der Waals surface area (Å²) in [6.07, 6.45) is 1.56. The van der Waals surface area contributed by atoms with E-state index in [9.17, 15) is 13.6 Å². The third-order valence-corrected chi connectivity index (χ3v) is 3.29. The number of halogens is 2. The smallest absolute Gasteiger partial charge is 0.258 e. The van der Waals surface area contributed by atoms with Crippen LogP contribution in [0.15, 0.2) is 23.1 Å². The lowest BCUT2D eigenvalue weighted by atomic mass is 10.0. The van der Waals surface area contributed by atoms with Gasteiger partial charge in [-0.2, -0.15) is 0 Å². The molecule has 20 heavy (non-hydrogen) atoms. The second kappa shape index (κ2) is 5.71. The number of aromatic amines is 1. The van der Waals surface area contributed by atoms with Gasteiger partial charge in [0.2, 0.25) is 0 Å². The summed E-state index contributed by atoms with van der Waals surface area (Å²) in [6.45, 7) is 6.89. The molecule has 1 aromatic heterocycles. The van der Waals surface area contributed by atoms with E-state index in [4.69, 9.17) is 0 Å². The summed E-state index contributed by atoms with van der Waals surface area (Å²) in [5, 5.41) is 3.53. The first-order chi connectivity index (χ1) is 9.41. The van der Waals surface area contributed by atoms with E-state index in [0.29, 0.717) is 11.3 Å². The van der Waals surface area contributed by atoms with Crippen LogP contribution in [0.25, 0.3) is 10.8 Å². The number of benzene rings is 1. The molecule has 0 saturated carbocycles. The molecule has 1 aromatic carbocycles. The van der Waals surface area contributed by atoms with Gasteiger partial charge in [-0.25, -0.2) is 8.78 Å². The van der Waals surface area contributed by atoms with Crippen molar-refractivity contribution in [3.8, 4) is 0 Å². The number of hydrogen-bond acceptors (Lipinski definition) is 2. The molecule has 0 spiro atoms. The zero-order valence-electron chi connectivity index (χ0n) is 11.8. The van der Waals surface area contributed by atoms with Crippen molar-refractivity contribution in [2.24, 2.45) is 5.92 Å². The highest BCUT2D eigenvalue weighted by Crippen LogP contribution is 2.24. The van der Waals surface area contributed by atoms with E-state index < -0.39 is 17.2 Å². The highest BCUT2D eigenvalue weighted by atomic mass is 19.2. The topological polar surface area (TPSA) is 44.9 Å². The van der Waals surface area contributed by atoms with E-state index >= 15 is 0 Å². The number of H-pyrrole nitrogens is 1. The van der Waals surface area contributed by atoms with Crippen LogP contribution in [0.4, 0.5) is 8.78 Å². The first-order valence-corrected chi connectivity index (χ1v) is 6.64. The van der Waals surface area contributed by atoms with E-state index in [0.717, 1.165) is 18.2 Å². The molecule has 0 aliphatic carbocycles. The van der Waals surface area contributed by atoms with E-state index in [1.807, 2.05) is 6.92 Å². The van der Waals surface area contributed by atoms with Crippen molar-refractivity contribution < 1.29 is 8.78 Å². The van der Waals surface area contributed by atoms with Crippen LogP contribution in [0.3, 0.4) is 0 Å². The molecule has 0 saturated heterocycles. The van der Waals surface area contributed by atoms with Gasteiger partial charge in [-0.15, -0.1) is 0 Å². The van der Waals surface area contributed by atoms with Gasteiger partial charge in [0.1, 0.15) is 0 Å². The molecule has 1 heterocycles. The number of fused-ring (bicyclic) bond motifs is 1. The SMILES string of the molecule is CC(C)CNC(C)c1c[nH]c(=O)c2c(F)c(F)ccc12. The normalized spacial score (nSPS) is 13.1. The van der Waals surface area contributed by atoms with Crippen LogP contribution in [-0.2, 0) is 0 Å². The Labute approximate surface area is 116 Å². The van der Waals surface area contributed by atoms with Gasteiger partial charge in [-0.1, -0.05) is 19.9 Å². The summed E-state index contributed by atoms with van der Waals surface area (Å²) >= 11 is 0. The van der Waals surface area contributed by atoms with E-state index in [2.05, 4.69) is 24.1 Å². The van der Waals surface area contributed by atoms with Gasteiger partial charge in [0.05, 0.1) is 5.39 Å². The third kappa shape index (κ3) is 2.72. The summed E-state index contributed by atoms with van der Waals surface area (Å²) in [5.41, 5.74) is 0.135. The number of nitrogens with one attached hydrogen (secondary N) is 2. The first kappa shape index (κ1) is 14.7. The van der Waals surface area contributed by atoms with Gasteiger partial charge < -0.3 is 10.3 Å². The molecule has 1 unspecified atom stereocenters. The van der Waals surface area contributed by atoms with Gasteiger partial charge in [0.25, 0.3) is 5.56 Å². The average molecular weight is 280 g/mol. The fourth-order valence-electron chi connectivity index (χ4n) is 2.19. The van der Waals surface area contributed by atoms with Crippen LogP contribution in [-0.4, -0.2) is 11.5 Å². The Bertz CT molecular complexity index is 679. The number of pyridine rings is 1. The monoisotopic (exact) mass is 280 g/mol. The van der Waals surface area contributed by atoms with Crippen molar-refractivity contribution in [2.45, 2.75) is 26.8 Å². The lowest BCUT2D eigenvalue weighted by Crippen LogP contribution is -2.24. The molecule has 0 aliphatic heterocycles. The van der Waals surface area contributed by atoms with Crippen LogP contribution in [0, 0.1) is 17.6 Å². The van der Waals surface area contributed by atoms with Crippen molar-refractivity contribution >= 4 is 10.8 Å². The lowest BCUT2D eigenvalue weighted by molar-refractivity contribution is 0.496. The van der Waals surface area contributed by atoms with Crippen molar-refractivity contribution in [2.75, 3.05) is 6.54 Å². The van der Waals surface area contributed by atoms with Gasteiger partial charge in [-0.05, 0) is 36.4 Å². The highest BCUT2D eigenvalue weighted by Gasteiger charge is 2.16. The molecule has 1 atom stereocenters. The maximum Gasteiger partial charge on any atom is 0.258 e. The van der Waals surface area contributed by atoms with Crippen LogP contribution < -0.4 is 10.9 Å². The highest BCUT2D eigenvalue weighted by molar-refractivity contribution is 5.85. The van der Waals surface area contributed by atoms with Gasteiger partial charge in [-0.3, -0.25) is 4.79 Å². The predicted molar refractivity (Wildman–Crippen MR) is 75.7 cm³/mol. The Balaban J connectivity index is 2.53. The van der Waals surface area contributed by atoms with Crippen molar-refractivity contribution in [3.63, 3.8) is 0 Å². The Morgan fingerprint density at radius 1 is 1.25 bits per heavy atom. The van der Waals surface area contributed by atoms with Crippen LogP contribution >= 0.6 is 0 Å². The molecule has 0 radical (unpaired) electrons. The van der Waals surface area contributed by atoms with Gasteiger partial charge >= 0.3 is 0 Å². The second-order valence-corrected chi connectivity index (χ2v) is 5.38. The molecule has 2 rings (SSSR count). The molecule has 2 N–H and O–H groups in total. The van der Waals surface area contributed by atoms with Crippen LogP contribution in [0.2, 0.25) is 0 Å². The van der Waals surface area contributed by atoms with Crippen molar-refractivity contribution in [1.29, 1.82) is 0 Å². The molecule has 0 amide bonds. The minimum Gasteiger partial charge on any atom is -0.328 e. The number of rotatable bonds is 4. The van der Waals surface area contributed by atoms with E-state index in [-0.39, 0.29) is 11.4 Å². The minimum absolute atomic E-state index is 0.0680. The standard InChI is InChI=1S/C15H18F2N2O/c1-8(2)6-18-9(3)11-7-19-15(20)13-10(11)4-5-12(16)14(13)17/h4-5,7-9,18H,6H2,1-3H3,(H,19,20). The zero-order valence-corrected chi connectivity index (χ0v) is 11.8. The maximum absolute atomic E-state index is 13.8. The summed E-state index contributed by atoms with van der Waals surface area (Å²) in [6, 6.07) is 2.43. The average Bonchev–Trinajstić information content (AvgIpc) is 2.40. The van der Waals surface area contributed by atoms with Gasteiger partial charge in [0.15, 0.2) is 11.6 Å². The Morgan fingerprint density at radius 2 is 1.95 bits per heavy atom. The summed E-state index contributed by atoms with van der Waals surface area (Å²) < 4.78 is 27.1. The Morgan fingerprint density at radius 3 is 2.60 bits per heavy atom. The van der Waals surface area contributed by atoms with Crippen molar-refractivity contribution in [3.05, 3.63) is 45.9 Å². The second-order valence-electron chi connectivity index (χ2n) is 5.38. The number of aromatic nitrogens is 1. The molecule has 5 heteroatoms. The summed E-state index contributed by atoms with van der Waals surface area (Å²) in [4.78, 5) is 14.2. The largest absolute Gasteiger partial charge is 0.328 e. The molecule has 0 bridgehead atoms. The first-order valence-electron chi connectivity index (χ1n) is 6.64. The fraction of sp³-hybridized carbons (Fsp3) is 0.400. The molecule has 3 nitrogen and oxygen atoms in total. The molecule has 2 aromatic rings. The minimum atomic E-state index is -1.10. The number of hydrogen-bond donors (Lipinski definition) is 2. The zero-order chi connectivity index (χ0) is 14.9. The van der Waals surface area contributed by atoms with E-state index in [1.165, 1.54) is 6.07 Å². The van der Waals surface area contributed by atoms with Crippen LogP contribution in [0.1, 0.15) is 32.4 Å². The quantitative estimate of drug-likeness (QED) is 0.904. The van der Waals surface area contributed by atoms with Gasteiger partial charge in [0, 0.05) is 12.2 Å². The molecule has 0 aliphatic rings. The van der Waals surface area contributed by atoms with E-state index in [1.54, 1.807) is 6.20 Å². The molecule has 108 valence electrons. The Hall–Kier alpha value is -1.75. The Kier molecular flexibility index (Phi) is 4.18. The summed E-state index contributed by atoms with van der Waals surface area (Å²) in [5.74, 6) is -1.63. The molecular formula is C15H18F2N2O. The lowest BCUT2D eigenvalue weighted by Gasteiger charge is -2.17. The third-order valence-electron chi connectivity index (χ3n) is 3.29. The van der Waals surface area contributed by atoms with Crippen molar-refractivity contribution in [1.82, 2.24) is 10.3 Å². The predicted octanol–water partition coefficient (Wildman–Crippen LogP) is 3.11. The fourth-order valence-corrected chi connectivity index (χ4v) is 2.19.